The Labute approximate surface area is 210 Å². The van der Waals surface area contributed by atoms with Crippen molar-refractivity contribution in [1.29, 1.82) is 0 Å². The lowest BCUT2D eigenvalue weighted by Gasteiger charge is -2.31. The van der Waals surface area contributed by atoms with Crippen LogP contribution < -0.4 is 10.2 Å². The zero-order valence-electron chi connectivity index (χ0n) is 18.1. The van der Waals surface area contributed by atoms with E-state index in [1.54, 1.807) is 36.4 Å². The topological polar surface area (TPSA) is 86.7 Å². The van der Waals surface area contributed by atoms with E-state index in [1.807, 2.05) is 0 Å². The van der Waals surface area contributed by atoms with Crippen LogP contribution in [0.2, 0.25) is 10.0 Å². The molecule has 2 fully saturated rings. The van der Waals surface area contributed by atoms with Gasteiger partial charge >= 0.3 is 5.97 Å². The highest BCUT2D eigenvalue weighted by Gasteiger charge is 2.69. The maximum absolute atomic E-state index is 14.9. The lowest BCUT2D eigenvalue weighted by molar-refractivity contribution is -0.148. The van der Waals surface area contributed by atoms with Gasteiger partial charge in [0.2, 0.25) is 11.8 Å². The molecule has 2 heterocycles. The highest BCUT2D eigenvalue weighted by atomic mass is 35.5. The van der Waals surface area contributed by atoms with E-state index < -0.39 is 47.0 Å². The molecule has 0 radical (unpaired) electrons. The van der Waals surface area contributed by atoms with Crippen LogP contribution >= 0.6 is 23.2 Å². The second-order valence-corrected chi connectivity index (χ2v) is 9.54. The largest absolute Gasteiger partial charge is 0.480 e. The van der Waals surface area contributed by atoms with Crippen molar-refractivity contribution in [3.63, 3.8) is 0 Å². The molecule has 0 aromatic heterocycles. The SMILES string of the molecule is O=C1C2C(c3ccccc3F)NC(Cc3ccccc3)(C(=O)O)C2C(=O)N1c1ccc(Cl)cc1Cl. The van der Waals surface area contributed by atoms with Crippen molar-refractivity contribution in [3.8, 4) is 0 Å². The van der Waals surface area contributed by atoms with E-state index in [9.17, 15) is 23.9 Å². The van der Waals surface area contributed by atoms with Gasteiger partial charge in [-0.05, 0) is 29.8 Å². The minimum atomic E-state index is -1.86. The molecule has 2 aliphatic rings. The fraction of sp³-hybridized carbons (Fsp3) is 0.192. The summed E-state index contributed by atoms with van der Waals surface area (Å²) < 4.78 is 14.9. The van der Waals surface area contributed by atoms with Crippen LogP contribution in [0.15, 0.2) is 72.8 Å². The highest BCUT2D eigenvalue weighted by Crippen LogP contribution is 2.52. The zero-order valence-corrected chi connectivity index (χ0v) is 19.6. The van der Waals surface area contributed by atoms with E-state index in [4.69, 9.17) is 23.2 Å². The lowest BCUT2D eigenvalue weighted by atomic mass is 9.76. The van der Waals surface area contributed by atoms with Crippen molar-refractivity contribution in [3.05, 3.63) is 99.8 Å². The monoisotopic (exact) mass is 512 g/mol. The number of carboxylic acids is 1. The van der Waals surface area contributed by atoms with E-state index in [1.165, 1.54) is 36.4 Å². The normalized spacial score (nSPS) is 25.7. The Kier molecular flexibility index (Phi) is 5.87. The van der Waals surface area contributed by atoms with Gasteiger partial charge in [0.1, 0.15) is 11.4 Å². The second kappa shape index (κ2) is 8.75. The minimum absolute atomic E-state index is 0.0681. The summed E-state index contributed by atoms with van der Waals surface area (Å²) >= 11 is 12.3. The molecule has 2 N–H and O–H groups in total. The molecule has 3 aromatic rings. The Hall–Kier alpha value is -3.26. The van der Waals surface area contributed by atoms with Gasteiger partial charge in [-0.1, -0.05) is 71.7 Å². The maximum Gasteiger partial charge on any atom is 0.325 e. The van der Waals surface area contributed by atoms with Gasteiger partial charge in [0.15, 0.2) is 0 Å². The fourth-order valence-electron chi connectivity index (χ4n) is 5.25. The summed E-state index contributed by atoms with van der Waals surface area (Å²) in [7, 11) is 0. The van der Waals surface area contributed by atoms with Gasteiger partial charge in [0, 0.05) is 23.0 Å². The number of hydrogen-bond donors (Lipinski definition) is 2. The molecule has 4 unspecified atom stereocenters. The number of carboxylic acid groups (broad SMARTS) is 1. The van der Waals surface area contributed by atoms with Crippen molar-refractivity contribution in [2.75, 3.05) is 4.90 Å². The molecule has 2 aliphatic heterocycles. The van der Waals surface area contributed by atoms with Crippen LogP contribution in [0.4, 0.5) is 10.1 Å². The van der Waals surface area contributed by atoms with Crippen LogP contribution in [-0.4, -0.2) is 28.4 Å². The Morgan fingerprint density at radius 1 is 1.00 bits per heavy atom. The molecule has 2 saturated heterocycles. The van der Waals surface area contributed by atoms with Crippen LogP contribution in [0, 0.1) is 17.7 Å². The molecule has 0 aliphatic carbocycles. The van der Waals surface area contributed by atoms with Gasteiger partial charge in [-0.25, -0.2) is 9.29 Å². The number of imide groups is 1. The third-order valence-electron chi connectivity index (χ3n) is 6.75. The van der Waals surface area contributed by atoms with Gasteiger partial charge < -0.3 is 5.11 Å². The van der Waals surface area contributed by atoms with Crippen LogP contribution in [0.5, 0.6) is 0 Å². The average Bonchev–Trinajstić information content (AvgIpc) is 3.29. The summed E-state index contributed by atoms with van der Waals surface area (Å²) in [6.45, 7) is 0. The summed E-state index contributed by atoms with van der Waals surface area (Å²) in [5.74, 6) is -5.74. The first-order chi connectivity index (χ1) is 16.7. The van der Waals surface area contributed by atoms with Gasteiger partial charge in [-0.3, -0.25) is 19.7 Å². The number of aliphatic carboxylic acids is 1. The summed E-state index contributed by atoms with van der Waals surface area (Å²) in [4.78, 5) is 41.3. The summed E-state index contributed by atoms with van der Waals surface area (Å²) in [6.07, 6.45) is -0.0868. The smallest absolute Gasteiger partial charge is 0.325 e. The van der Waals surface area contributed by atoms with Crippen LogP contribution in [-0.2, 0) is 20.8 Å². The maximum atomic E-state index is 14.9. The molecule has 9 heteroatoms. The number of benzene rings is 3. The summed E-state index contributed by atoms with van der Waals surface area (Å²) in [5, 5.41) is 13.9. The first-order valence-corrected chi connectivity index (χ1v) is 11.6. The number of carbonyl (C=O) groups excluding carboxylic acids is 2. The molecule has 2 amide bonds. The molecule has 0 spiro atoms. The number of nitrogens with zero attached hydrogens (tertiary/aromatic N) is 1. The lowest BCUT2D eigenvalue weighted by Crippen LogP contribution is -2.57. The van der Waals surface area contributed by atoms with Crippen molar-refractivity contribution in [1.82, 2.24) is 5.32 Å². The number of rotatable bonds is 5. The molecule has 4 atom stereocenters. The molecular weight excluding hydrogens is 494 g/mol. The van der Waals surface area contributed by atoms with Gasteiger partial charge in [-0.15, -0.1) is 0 Å². The predicted molar refractivity (Wildman–Crippen MR) is 129 cm³/mol. The molecular formula is C26H19Cl2FN2O4. The molecule has 5 rings (SSSR count). The Bertz CT molecular complexity index is 1350. The zero-order chi connectivity index (χ0) is 24.9. The number of halogens is 3. The number of hydrogen-bond acceptors (Lipinski definition) is 4. The molecule has 178 valence electrons. The third kappa shape index (κ3) is 3.71. The van der Waals surface area contributed by atoms with Crippen molar-refractivity contribution in [2.24, 2.45) is 11.8 Å². The van der Waals surface area contributed by atoms with Gasteiger partial charge in [0.25, 0.3) is 0 Å². The first kappa shape index (κ1) is 23.5. The van der Waals surface area contributed by atoms with Gasteiger partial charge in [-0.2, -0.15) is 0 Å². The number of anilines is 1. The predicted octanol–water partition coefficient (Wildman–Crippen LogP) is 4.65. The van der Waals surface area contributed by atoms with E-state index in [-0.39, 0.29) is 22.7 Å². The Morgan fingerprint density at radius 3 is 2.34 bits per heavy atom. The van der Waals surface area contributed by atoms with Gasteiger partial charge in [0.05, 0.1) is 22.5 Å². The van der Waals surface area contributed by atoms with E-state index >= 15 is 0 Å². The minimum Gasteiger partial charge on any atom is -0.480 e. The second-order valence-electron chi connectivity index (χ2n) is 8.69. The number of amides is 2. The average molecular weight is 513 g/mol. The fourth-order valence-corrected chi connectivity index (χ4v) is 5.74. The molecule has 35 heavy (non-hydrogen) atoms. The Morgan fingerprint density at radius 2 is 1.69 bits per heavy atom. The summed E-state index contributed by atoms with van der Waals surface area (Å²) in [5.41, 5.74) is -0.992. The number of nitrogens with one attached hydrogen (secondary N) is 1. The standard InChI is InChI=1S/C26H19Cl2FN2O4/c27-15-10-11-19(17(28)12-15)31-23(32)20-21(24(31)33)26(25(34)35,13-14-6-2-1-3-7-14)30-22(20)16-8-4-5-9-18(16)29/h1-12,20-22,30H,13H2,(H,34,35). The highest BCUT2D eigenvalue weighted by molar-refractivity contribution is 6.38. The number of fused-ring (bicyclic) bond motifs is 1. The number of carbonyl (C=O) groups is 3. The third-order valence-corrected chi connectivity index (χ3v) is 7.29. The van der Waals surface area contributed by atoms with Crippen LogP contribution in [0.3, 0.4) is 0 Å². The summed E-state index contributed by atoms with van der Waals surface area (Å²) in [6, 6.07) is 17.9. The quantitative estimate of drug-likeness (QED) is 0.486. The first-order valence-electron chi connectivity index (χ1n) is 10.9. The van der Waals surface area contributed by atoms with Crippen molar-refractivity contribution < 1.29 is 23.9 Å². The molecule has 0 saturated carbocycles. The van der Waals surface area contributed by atoms with Crippen molar-refractivity contribution in [2.45, 2.75) is 18.0 Å². The van der Waals surface area contributed by atoms with E-state index in [2.05, 4.69) is 5.32 Å². The Balaban J connectivity index is 1.69. The molecule has 0 bridgehead atoms. The van der Waals surface area contributed by atoms with Crippen LogP contribution in [0.25, 0.3) is 0 Å². The van der Waals surface area contributed by atoms with E-state index in [0.717, 1.165) is 4.90 Å². The van der Waals surface area contributed by atoms with Crippen LogP contribution in [0.1, 0.15) is 17.2 Å². The molecule has 3 aromatic carbocycles. The molecule has 6 nitrogen and oxygen atoms in total. The van der Waals surface area contributed by atoms with Crippen molar-refractivity contribution >= 4 is 46.7 Å². The van der Waals surface area contributed by atoms with E-state index in [0.29, 0.717) is 10.6 Å².